The van der Waals surface area contributed by atoms with Gasteiger partial charge in [0.1, 0.15) is 0 Å². The van der Waals surface area contributed by atoms with Gasteiger partial charge in [0.15, 0.2) is 0 Å². The van der Waals surface area contributed by atoms with E-state index in [9.17, 15) is 4.79 Å². The third-order valence-electron chi connectivity index (χ3n) is 3.46. The molecule has 0 unspecified atom stereocenters. The van der Waals surface area contributed by atoms with Crippen molar-refractivity contribution in [3.8, 4) is 0 Å². The highest BCUT2D eigenvalue weighted by atomic mass is 16.2. The number of hydrogen-bond donors (Lipinski definition) is 1. The Balaban J connectivity index is 1.84. The zero-order valence-electron chi connectivity index (χ0n) is 11.1. The molecular formula is C14H16N4O. The normalized spacial score (nSPS) is 13.5. The number of benzene rings is 1. The molecule has 2 heterocycles. The molecule has 0 saturated heterocycles. The van der Waals surface area contributed by atoms with E-state index in [1.807, 2.05) is 42.8 Å². The Morgan fingerprint density at radius 2 is 2.00 bits per heavy atom. The lowest BCUT2D eigenvalue weighted by molar-refractivity contribution is 0.257. The molecule has 2 amide bonds. The molecule has 5 nitrogen and oxygen atoms in total. The second kappa shape index (κ2) is 4.42. The molecule has 1 aliphatic rings. The number of amides is 2. The Morgan fingerprint density at radius 3 is 2.74 bits per heavy atom. The van der Waals surface area contributed by atoms with Gasteiger partial charge >= 0.3 is 6.03 Å². The highest BCUT2D eigenvalue weighted by Gasteiger charge is 2.26. The van der Waals surface area contributed by atoms with Gasteiger partial charge in [-0.05, 0) is 25.0 Å². The molecule has 5 heteroatoms. The van der Waals surface area contributed by atoms with Gasteiger partial charge in [0, 0.05) is 31.2 Å². The van der Waals surface area contributed by atoms with Gasteiger partial charge in [0.2, 0.25) is 5.95 Å². The first-order chi connectivity index (χ1) is 9.16. The number of hydrogen-bond acceptors (Lipinski definition) is 2. The van der Waals surface area contributed by atoms with Crippen LogP contribution in [0.25, 0.3) is 0 Å². The highest BCUT2D eigenvalue weighted by Crippen LogP contribution is 2.23. The Hall–Kier alpha value is -2.30. The van der Waals surface area contributed by atoms with Gasteiger partial charge in [-0.15, -0.1) is 0 Å². The fourth-order valence-electron chi connectivity index (χ4n) is 2.41. The summed E-state index contributed by atoms with van der Waals surface area (Å²) < 4.78 is 1.98. The van der Waals surface area contributed by atoms with Crippen LogP contribution < -0.4 is 10.2 Å². The van der Waals surface area contributed by atoms with Gasteiger partial charge in [-0.25, -0.2) is 9.78 Å². The first kappa shape index (κ1) is 11.8. The maximum absolute atomic E-state index is 12.3. The van der Waals surface area contributed by atoms with Crippen molar-refractivity contribution in [1.82, 2.24) is 9.55 Å². The van der Waals surface area contributed by atoms with E-state index >= 15 is 0 Å². The molecule has 0 aliphatic carbocycles. The van der Waals surface area contributed by atoms with Crippen molar-refractivity contribution < 1.29 is 4.79 Å². The molecule has 0 spiro atoms. The molecule has 0 radical (unpaired) electrons. The van der Waals surface area contributed by atoms with Gasteiger partial charge in [-0.2, -0.15) is 0 Å². The Kier molecular flexibility index (Phi) is 2.74. The minimum absolute atomic E-state index is 0.123. The van der Waals surface area contributed by atoms with Gasteiger partial charge in [-0.3, -0.25) is 4.90 Å². The van der Waals surface area contributed by atoms with Crippen LogP contribution >= 0.6 is 0 Å². The summed E-state index contributed by atoms with van der Waals surface area (Å²) in [7, 11) is 0. The topological polar surface area (TPSA) is 50.2 Å². The van der Waals surface area contributed by atoms with E-state index in [0.29, 0.717) is 12.5 Å². The number of imidazole rings is 1. The standard InChI is InChI=1S/C14H16N4O/c1-10-4-3-5-11(2)12(10)16-14(19)18-9-8-17-7-6-15-13(17)18/h3-7H,8-9H2,1-2H3,(H,16,19). The summed E-state index contributed by atoms with van der Waals surface area (Å²) in [6.45, 7) is 5.45. The number of para-hydroxylation sites is 1. The lowest BCUT2D eigenvalue weighted by Gasteiger charge is -2.17. The van der Waals surface area contributed by atoms with Crippen LogP contribution in [0.5, 0.6) is 0 Å². The summed E-state index contributed by atoms with van der Waals surface area (Å²) in [6.07, 6.45) is 3.61. The van der Waals surface area contributed by atoms with Gasteiger partial charge in [0.25, 0.3) is 0 Å². The first-order valence-electron chi connectivity index (χ1n) is 6.32. The minimum Gasteiger partial charge on any atom is -0.315 e. The SMILES string of the molecule is Cc1cccc(C)c1NC(=O)N1CCn2ccnc21. The third-order valence-corrected chi connectivity index (χ3v) is 3.46. The van der Waals surface area contributed by atoms with Crippen LogP contribution in [0, 0.1) is 13.8 Å². The maximum Gasteiger partial charge on any atom is 0.328 e. The fraction of sp³-hybridized carbons (Fsp3) is 0.286. The third kappa shape index (κ3) is 1.97. The monoisotopic (exact) mass is 256 g/mol. The van der Waals surface area contributed by atoms with Gasteiger partial charge < -0.3 is 9.88 Å². The minimum atomic E-state index is -0.123. The molecule has 0 saturated carbocycles. The highest BCUT2D eigenvalue weighted by molar-refractivity contribution is 6.02. The molecule has 1 aromatic carbocycles. The van der Waals surface area contributed by atoms with E-state index in [1.165, 1.54) is 0 Å². The lowest BCUT2D eigenvalue weighted by atomic mass is 10.1. The summed E-state index contributed by atoms with van der Waals surface area (Å²) in [4.78, 5) is 18.2. The number of rotatable bonds is 1. The first-order valence-corrected chi connectivity index (χ1v) is 6.32. The van der Waals surface area contributed by atoms with E-state index in [0.717, 1.165) is 23.4 Å². The van der Waals surface area contributed by atoms with Crippen molar-refractivity contribution in [3.05, 3.63) is 41.7 Å². The Bertz CT molecular complexity index is 612. The van der Waals surface area contributed by atoms with Crippen LogP contribution in [0.2, 0.25) is 0 Å². The number of anilines is 2. The summed E-state index contributed by atoms with van der Waals surface area (Å²) in [6, 6.07) is 5.85. The van der Waals surface area contributed by atoms with Crippen LogP contribution in [0.1, 0.15) is 11.1 Å². The summed E-state index contributed by atoms with van der Waals surface area (Å²) in [5.74, 6) is 0.712. The van der Waals surface area contributed by atoms with Crippen molar-refractivity contribution in [2.45, 2.75) is 20.4 Å². The van der Waals surface area contributed by atoms with Crippen molar-refractivity contribution in [3.63, 3.8) is 0 Å². The zero-order chi connectivity index (χ0) is 13.4. The quantitative estimate of drug-likeness (QED) is 0.852. The molecule has 0 atom stereocenters. The molecule has 1 aliphatic heterocycles. The Morgan fingerprint density at radius 1 is 1.26 bits per heavy atom. The number of aromatic nitrogens is 2. The fourth-order valence-corrected chi connectivity index (χ4v) is 2.41. The molecule has 19 heavy (non-hydrogen) atoms. The zero-order valence-corrected chi connectivity index (χ0v) is 11.1. The molecule has 0 bridgehead atoms. The van der Waals surface area contributed by atoms with E-state index in [4.69, 9.17) is 0 Å². The average Bonchev–Trinajstić information content (AvgIpc) is 2.95. The van der Waals surface area contributed by atoms with E-state index in [2.05, 4.69) is 10.3 Å². The van der Waals surface area contributed by atoms with Crippen molar-refractivity contribution in [2.75, 3.05) is 16.8 Å². The van der Waals surface area contributed by atoms with Gasteiger partial charge in [0.05, 0.1) is 0 Å². The summed E-state index contributed by atoms with van der Waals surface area (Å²) in [5.41, 5.74) is 3.02. The number of fused-ring (bicyclic) bond motifs is 1. The number of nitrogens with one attached hydrogen (secondary N) is 1. The number of urea groups is 1. The lowest BCUT2D eigenvalue weighted by Crippen LogP contribution is -2.34. The second-order valence-corrected chi connectivity index (χ2v) is 4.77. The predicted octanol–water partition coefficient (Wildman–Crippen LogP) is 2.55. The van der Waals surface area contributed by atoms with Crippen LogP contribution in [-0.2, 0) is 6.54 Å². The van der Waals surface area contributed by atoms with Crippen LogP contribution in [0.4, 0.5) is 16.4 Å². The number of nitrogens with zero attached hydrogens (tertiary/aromatic N) is 3. The number of carbonyl (C=O) groups is 1. The van der Waals surface area contributed by atoms with Crippen LogP contribution in [0.3, 0.4) is 0 Å². The Labute approximate surface area is 111 Å². The molecule has 1 aromatic heterocycles. The predicted molar refractivity (Wildman–Crippen MR) is 74.5 cm³/mol. The molecule has 2 aromatic rings. The smallest absolute Gasteiger partial charge is 0.315 e. The van der Waals surface area contributed by atoms with Crippen molar-refractivity contribution >= 4 is 17.7 Å². The van der Waals surface area contributed by atoms with E-state index in [-0.39, 0.29) is 6.03 Å². The van der Waals surface area contributed by atoms with E-state index < -0.39 is 0 Å². The second-order valence-electron chi connectivity index (χ2n) is 4.77. The summed E-state index contributed by atoms with van der Waals surface area (Å²) >= 11 is 0. The van der Waals surface area contributed by atoms with Crippen LogP contribution in [0.15, 0.2) is 30.6 Å². The average molecular weight is 256 g/mol. The van der Waals surface area contributed by atoms with Crippen LogP contribution in [-0.4, -0.2) is 22.1 Å². The number of aryl methyl sites for hydroxylation is 2. The molecule has 0 fully saturated rings. The van der Waals surface area contributed by atoms with Crippen molar-refractivity contribution in [2.24, 2.45) is 0 Å². The summed E-state index contributed by atoms with van der Waals surface area (Å²) in [5, 5.41) is 2.98. The molecule has 3 rings (SSSR count). The molecule has 1 N–H and O–H groups in total. The molecular weight excluding hydrogens is 240 g/mol. The van der Waals surface area contributed by atoms with E-state index in [1.54, 1.807) is 11.1 Å². The van der Waals surface area contributed by atoms with Gasteiger partial charge in [-0.1, -0.05) is 18.2 Å². The molecule has 98 valence electrons. The van der Waals surface area contributed by atoms with Crippen molar-refractivity contribution in [1.29, 1.82) is 0 Å². The number of carbonyl (C=O) groups excluding carboxylic acids is 1. The largest absolute Gasteiger partial charge is 0.328 e. The maximum atomic E-state index is 12.3.